The number of nitrogens with one attached hydrogen (secondary N) is 1. The molecule has 1 aromatic rings. The van der Waals surface area contributed by atoms with E-state index < -0.39 is 41.3 Å². The Kier molecular flexibility index (Phi) is 13.7. The van der Waals surface area contributed by atoms with Gasteiger partial charge in [-0.25, -0.2) is 4.79 Å². The predicted octanol–water partition coefficient (Wildman–Crippen LogP) is 7.29. The highest BCUT2D eigenvalue weighted by atomic mass is 16.7. The fourth-order valence-corrected chi connectivity index (χ4v) is 5.18. The minimum Gasteiger partial charge on any atom is -0.444 e. The monoisotopic (exact) mass is 549 g/mol. The van der Waals surface area contributed by atoms with Crippen molar-refractivity contribution in [2.45, 2.75) is 155 Å². The number of carbonyl (C=O) groups excluding carboxylic acids is 1. The predicted molar refractivity (Wildman–Crippen MR) is 156 cm³/mol. The van der Waals surface area contributed by atoms with Crippen molar-refractivity contribution in [1.82, 2.24) is 5.32 Å². The van der Waals surface area contributed by atoms with Crippen LogP contribution in [0.1, 0.15) is 118 Å². The molecule has 7 nitrogen and oxygen atoms in total. The minimum atomic E-state index is -1.16. The smallest absolute Gasteiger partial charge is 0.408 e. The molecule has 3 atom stereocenters. The number of unbranched alkanes of at least 4 members (excludes halogenated alkanes) is 6. The Hall–Kier alpha value is -1.67. The molecule has 1 aliphatic rings. The van der Waals surface area contributed by atoms with Crippen molar-refractivity contribution >= 4 is 6.09 Å². The van der Waals surface area contributed by atoms with Crippen molar-refractivity contribution in [2.75, 3.05) is 6.61 Å². The Morgan fingerprint density at radius 2 is 1.62 bits per heavy atom. The molecule has 0 aromatic heterocycles. The second-order valence-corrected chi connectivity index (χ2v) is 12.5. The lowest BCUT2D eigenvalue weighted by molar-refractivity contribution is -0.173. The molecule has 0 saturated carbocycles. The molecular weight excluding hydrogens is 494 g/mol. The van der Waals surface area contributed by atoms with E-state index in [2.05, 4.69) is 19.2 Å². The van der Waals surface area contributed by atoms with E-state index >= 15 is 0 Å². The Bertz CT molecular complexity index is 810. The highest BCUT2D eigenvalue weighted by Crippen LogP contribution is 2.35. The fourth-order valence-electron chi connectivity index (χ4n) is 5.18. The van der Waals surface area contributed by atoms with Gasteiger partial charge in [0.15, 0.2) is 5.79 Å². The first-order valence-corrected chi connectivity index (χ1v) is 15.1. The van der Waals surface area contributed by atoms with Gasteiger partial charge in [-0.1, -0.05) is 95.5 Å². The zero-order chi connectivity index (χ0) is 28.9. The van der Waals surface area contributed by atoms with Gasteiger partial charge >= 0.3 is 6.09 Å². The van der Waals surface area contributed by atoms with Crippen LogP contribution < -0.4 is 5.32 Å². The van der Waals surface area contributed by atoms with Crippen molar-refractivity contribution < 1.29 is 28.8 Å². The van der Waals surface area contributed by atoms with Crippen LogP contribution in [0, 0.1) is 0 Å². The molecule has 1 amide bonds. The van der Waals surface area contributed by atoms with Gasteiger partial charge in [0.2, 0.25) is 0 Å². The number of aliphatic hydroxyl groups is 1. The van der Waals surface area contributed by atoms with Crippen molar-refractivity contribution in [2.24, 2.45) is 0 Å². The van der Waals surface area contributed by atoms with E-state index in [-0.39, 0.29) is 6.61 Å². The molecule has 1 fully saturated rings. The molecule has 1 saturated heterocycles. The first-order chi connectivity index (χ1) is 18.4. The van der Waals surface area contributed by atoms with E-state index in [0.717, 1.165) is 56.9 Å². The van der Waals surface area contributed by atoms with E-state index in [9.17, 15) is 9.90 Å². The molecule has 0 bridgehead atoms. The normalized spacial score (nSPS) is 19.0. The number of rotatable bonds is 17. The van der Waals surface area contributed by atoms with Gasteiger partial charge in [-0.15, -0.1) is 0 Å². The Balaban J connectivity index is 2.44. The highest BCUT2D eigenvalue weighted by Gasteiger charge is 2.49. The number of ether oxygens (including phenoxy) is 4. The van der Waals surface area contributed by atoms with Gasteiger partial charge < -0.3 is 29.4 Å². The number of alkyl carbamates (subject to hydrolysis) is 1. The molecule has 7 heteroatoms. The maximum Gasteiger partial charge on any atom is 0.408 e. The molecule has 0 aliphatic carbocycles. The third kappa shape index (κ3) is 12.2. The van der Waals surface area contributed by atoms with Crippen LogP contribution in [-0.2, 0) is 25.6 Å². The Labute approximate surface area is 237 Å². The summed E-state index contributed by atoms with van der Waals surface area (Å²) in [6, 6.07) is 9.26. The van der Waals surface area contributed by atoms with Crippen LogP contribution in [0.5, 0.6) is 0 Å². The minimum absolute atomic E-state index is 0.278. The molecule has 2 rings (SSSR count). The van der Waals surface area contributed by atoms with Crippen molar-refractivity contribution in [3.63, 3.8) is 0 Å². The quantitative estimate of drug-likeness (QED) is 0.199. The molecule has 224 valence electrons. The summed E-state index contributed by atoms with van der Waals surface area (Å²) in [5.41, 5.74) is -0.828. The van der Waals surface area contributed by atoms with Crippen LogP contribution in [0.4, 0.5) is 4.79 Å². The zero-order valence-corrected chi connectivity index (χ0v) is 25.6. The molecular formula is C32H55NO6. The molecule has 1 aromatic carbocycles. The summed E-state index contributed by atoms with van der Waals surface area (Å²) in [6.07, 6.45) is 7.70. The molecule has 1 heterocycles. The lowest BCUT2D eigenvalue weighted by atomic mass is 9.80. The molecule has 0 unspecified atom stereocenters. The van der Waals surface area contributed by atoms with Crippen molar-refractivity contribution in [3.05, 3.63) is 35.9 Å². The lowest BCUT2D eigenvalue weighted by Gasteiger charge is -2.43. The summed E-state index contributed by atoms with van der Waals surface area (Å²) in [5.74, 6) is -0.803. The average Bonchev–Trinajstić information content (AvgIpc) is 3.23. The second-order valence-electron chi connectivity index (χ2n) is 12.5. The number of carbonyl (C=O) groups is 1. The largest absolute Gasteiger partial charge is 0.444 e. The maximum absolute atomic E-state index is 13.1. The summed E-state index contributed by atoms with van der Waals surface area (Å²) < 4.78 is 24.5. The van der Waals surface area contributed by atoms with E-state index in [4.69, 9.17) is 18.9 Å². The molecule has 39 heavy (non-hydrogen) atoms. The highest BCUT2D eigenvalue weighted by molar-refractivity contribution is 5.68. The third-order valence-electron chi connectivity index (χ3n) is 7.17. The van der Waals surface area contributed by atoms with Gasteiger partial charge in [0.1, 0.15) is 17.8 Å². The van der Waals surface area contributed by atoms with Crippen LogP contribution >= 0.6 is 0 Å². The van der Waals surface area contributed by atoms with Crippen LogP contribution in [-0.4, -0.2) is 53.0 Å². The van der Waals surface area contributed by atoms with Crippen molar-refractivity contribution in [3.8, 4) is 0 Å². The van der Waals surface area contributed by atoms with Gasteiger partial charge in [-0.3, -0.25) is 0 Å². The number of hydrogen-bond acceptors (Lipinski definition) is 6. The summed E-state index contributed by atoms with van der Waals surface area (Å²) in [6.45, 7) is 14.2. The number of benzene rings is 1. The van der Waals surface area contributed by atoms with Crippen LogP contribution in [0.25, 0.3) is 0 Å². The topological polar surface area (TPSA) is 86.3 Å². The number of hydrogen-bond donors (Lipinski definition) is 2. The summed E-state index contributed by atoms with van der Waals surface area (Å²) in [4.78, 5) is 13.1. The maximum atomic E-state index is 13.1. The van der Waals surface area contributed by atoms with Gasteiger partial charge in [0.25, 0.3) is 0 Å². The van der Waals surface area contributed by atoms with E-state index in [1.165, 1.54) is 0 Å². The zero-order valence-electron chi connectivity index (χ0n) is 25.6. The van der Waals surface area contributed by atoms with E-state index in [1.807, 2.05) is 65.0 Å². The number of amides is 1. The van der Waals surface area contributed by atoms with E-state index in [1.54, 1.807) is 0 Å². The summed E-state index contributed by atoms with van der Waals surface area (Å²) in [5, 5.41) is 15.5. The van der Waals surface area contributed by atoms with Crippen LogP contribution in [0.2, 0.25) is 0 Å². The van der Waals surface area contributed by atoms with Crippen LogP contribution in [0.15, 0.2) is 30.3 Å². The summed E-state index contributed by atoms with van der Waals surface area (Å²) in [7, 11) is 0. The standard InChI is InChI=1S/C32H55NO6/c1-8-10-12-17-21-32(35,22-18-13-11-9-2)28(36-23-25-19-15-14-16-20-25)27(26-24-37-31(6,7)38-26)33-29(34)39-30(3,4)5/h14-16,19-20,26-28,35H,8-13,17-18,21-24H2,1-7H3,(H,33,34)/t26-,27+,28-/m1/s1. The molecule has 0 spiro atoms. The third-order valence-corrected chi connectivity index (χ3v) is 7.17. The van der Waals surface area contributed by atoms with Crippen LogP contribution in [0.3, 0.4) is 0 Å². The van der Waals surface area contributed by atoms with Gasteiger partial charge in [-0.2, -0.15) is 0 Å². The van der Waals surface area contributed by atoms with E-state index in [0.29, 0.717) is 19.4 Å². The van der Waals surface area contributed by atoms with Gasteiger partial charge in [0.05, 0.1) is 24.9 Å². The Morgan fingerprint density at radius 1 is 1.03 bits per heavy atom. The van der Waals surface area contributed by atoms with Crippen molar-refractivity contribution in [1.29, 1.82) is 0 Å². The van der Waals surface area contributed by atoms with Gasteiger partial charge in [-0.05, 0) is 53.0 Å². The SMILES string of the molecule is CCCCCCC(O)(CCCCCC)[C@H](OCc1ccccc1)[C@@H](NC(=O)OC(C)(C)C)[C@H]1COC(C)(C)O1. The Morgan fingerprint density at radius 3 is 2.10 bits per heavy atom. The average molecular weight is 550 g/mol. The second kappa shape index (κ2) is 15.9. The molecule has 0 radical (unpaired) electrons. The summed E-state index contributed by atoms with van der Waals surface area (Å²) >= 11 is 0. The molecule has 1 aliphatic heterocycles. The fraction of sp³-hybridized carbons (Fsp3) is 0.781. The van der Waals surface area contributed by atoms with Gasteiger partial charge in [0, 0.05) is 0 Å². The lowest BCUT2D eigenvalue weighted by Crippen LogP contribution is -2.62. The first-order valence-electron chi connectivity index (χ1n) is 15.1. The molecule has 2 N–H and O–H groups in total. The first kappa shape index (κ1) is 33.5.